The summed E-state index contributed by atoms with van der Waals surface area (Å²) in [4.78, 5) is 14.8. The van der Waals surface area contributed by atoms with Crippen molar-refractivity contribution in [3.8, 4) is 11.3 Å². The quantitative estimate of drug-likeness (QED) is 0.825. The summed E-state index contributed by atoms with van der Waals surface area (Å²) in [6, 6.07) is 12.7. The topological polar surface area (TPSA) is 32.3 Å². The third-order valence-electron chi connectivity index (χ3n) is 5.34. The lowest BCUT2D eigenvalue weighted by Crippen LogP contribution is -2.32. The van der Waals surface area contributed by atoms with Gasteiger partial charge in [-0.2, -0.15) is 4.98 Å². The van der Waals surface area contributed by atoms with Gasteiger partial charge in [0.2, 0.25) is 5.95 Å². The lowest BCUT2D eigenvalue weighted by atomic mass is 10.1. The molecule has 0 N–H and O–H groups in total. The van der Waals surface area contributed by atoms with Gasteiger partial charge in [-0.05, 0) is 32.1 Å². The Kier molecular flexibility index (Phi) is 5.14. The van der Waals surface area contributed by atoms with Crippen LogP contribution < -0.4 is 9.80 Å². The van der Waals surface area contributed by atoms with Gasteiger partial charge >= 0.3 is 0 Å². The zero-order valence-electron chi connectivity index (χ0n) is 15.0. The van der Waals surface area contributed by atoms with E-state index in [-0.39, 0.29) is 0 Å². The molecule has 3 heterocycles. The van der Waals surface area contributed by atoms with Crippen molar-refractivity contribution in [2.45, 2.75) is 44.9 Å². The third kappa shape index (κ3) is 3.94. The number of aromatic nitrogens is 2. The maximum absolute atomic E-state index is 4.99. The van der Waals surface area contributed by atoms with Gasteiger partial charge in [-0.15, -0.1) is 0 Å². The van der Waals surface area contributed by atoms with E-state index in [1.807, 2.05) is 0 Å². The van der Waals surface area contributed by atoms with Gasteiger partial charge in [0.1, 0.15) is 5.82 Å². The SMILES string of the molecule is c1ccc(-c2cc(N3CCCCCC3)nc(N3CCCCC3)n2)cc1. The molecular weight excluding hydrogens is 308 g/mol. The standard InChI is InChI=1S/C21H28N4/c1-2-8-14-24(13-7-1)20-17-19(18-11-5-3-6-12-18)22-21(23-20)25-15-9-4-10-16-25/h3,5-6,11-12,17H,1-2,4,7-10,13-16H2. The van der Waals surface area contributed by atoms with Crippen LogP contribution >= 0.6 is 0 Å². The Morgan fingerprint density at radius 3 is 1.92 bits per heavy atom. The Balaban J connectivity index is 1.71. The average Bonchev–Trinajstić information content (AvgIpc) is 2.99. The summed E-state index contributed by atoms with van der Waals surface area (Å²) in [5.41, 5.74) is 2.23. The smallest absolute Gasteiger partial charge is 0.227 e. The fraction of sp³-hybridized carbons (Fsp3) is 0.524. The summed E-state index contributed by atoms with van der Waals surface area (Å²) in [6.07, 6.45) is 9.04. The second-order valence-corrected chi connectivity index (χ2v) is 7.23. The molecule has 4 heteroatoms. The monoisotopic (exact) mass is 336 g/mol. The first-order valence-electron chi connectivity index (χ1n) is 9.84. The van der Waals surface area contributed by atoms with Gasteiger partial charge in [0.25, 0.3) is 0 Å². The summed E-state index contributed by atoms with van der Waals surface area (Å²) >= 11 is 0. The number of anilines is 2. The Hall–Kier alpha value is -2.10. The Morgan fingerprint density at radius 2 is 1.24 bits per heavy atom. The van der Waals surface area contributed by atoms with Crippen LogP contribution in [0.5, 0.6) is 0 Å². The predicted octanol–water partition coefficient (Wildman–Crippen LogP) is 4.51. The maximum Gasteiger partial charge on any atom is 0.227 e. The molecule has 2 aromatic rings. The number of hydrogen-bond acceptors (Lipinski definition) is 4. The molecule has 2 aliphatic rings. The average molecular weight is 336 g/mol. The zero-order chi connectivity index (χ0) is 16.9. The molecule has 2 aliphatic heterocycles. The molecule has 2 saturated heterocycles. The molecule has 0 spiro atoms. The number of hydrogen-bond donors (Lipinski definition) is 0. The van der Waals surface area contributed by atoms with E-state index >= 15 is 0 Å². The van der Waals surface area contributed by atoms with E-state index in [0.717, 1.165) is 43.6 Å². The minimum Gasteiger partial charge on any atom is -0.356 e. The first-order valence-corrected chi connectivity index (χ1v) is 9.84. The van der Waals surface area contributed by atoms with Gasteiger partial charge < -0.3 is 9.80 Å². The van der Waals surface area contributed by atoms with E-state index < -0.39 is 0 Å². The molecule has 1 aromatic heterocycles. The molecule has 0 aliphatic carbocycles. The van der Waals surface area contributed by atoms with Crippen molar-refractivity contribution < 1.29 is 0 Å². The number of piperidine rings is 1. The van der Waals surface area contributed by atoms with Crippen LogP contribution in [-0.2, 0) is 0 Å². The Bertz CT molecular complexity index is 672. The molecule has 0 bridgehead atoms. The van der Waals surface area contributed by atoms with Crippen LogP contribution in [0.25, 0.3) is 11.3 Å². The third-order valence-corrected chi connectivity index (χ3v) is 5.34. The zero-order valence-corrected chi connectivity index (χ0v) is 15.0. The highest BCUT2D eigenvalue weighted by molar-refractivity contribution is 5.65. The Morgan fingerprint density at radius 1 is 0.640 bits per heavy atom. The molecule has 0 radical (unpaired) electrons. The summed E-state index contributed by atoms with van der Waals surface area (Å²) < 4.78 is 0. The van der Waals surface area contributed by atoms with Crippen molar-refractivity contribution in [3.63, 3.8) is 0 Å². The number of nitrogens with zero attached hydrogens (tertiary/aromatic N) is 4. The van der Waals surface area contributed by atoms with Crippen molar-refractivity contribution in [1.29, 1.82) is 0 Å². The lowest BCUT2D eigenvalue weighted by molar-refractivity contribution is 0.568. The van der Waals surface area contributed by atoms with Crippen LogP contribution in [0.4, 0.5) is 11.8 Å². The first kappa shape index (κ1) is 16.4. The van der Waals surface area contributed by atoms with Gasteiger partial charge in [0, 0.05) is 37.8 Å². The summed E-state index contributed by atoms with van der Waals surface area (Å²) in [5, 5.41) is 0. The van der Waals surface area contributed by atoms with Gasteiger partial charge in [0.05, 0.1) is 5.69 Å². The van der Waals surface area contributed by atoms with Crippen LogP contribution in [-0.4, -0.2) is 36.1 Å². The normalized spacial score (nSPS) is 18.9. The predicted molar refractivity (Wildman–Crippen MR) is 104 cm³/mol. The number of rotatable bonds is 3. The van der Waals surface area contributed by atoms with E-state index in [0.29, 0.717) is 0 Å². The van der Waals surface area contributed by atoms with Gasteiger partial charge in [-0.25, -0.2) is 4.98 Å². The van der Waals surface area contributed by atoms with Crippen LogP contribution in [0.3, 0.4) is 0 Å². The molecule has 4 nitrogen and oxygen atoms in total. The number of benzene rings is 1. The van der Waals surface area contributed by atoms with E-state index in [2.05, 4.69) is 46.2 Å². The van der Waals surface area contributed by atoms with E-state index in [1.165, 1.54) is 50.5 Å². The van der Waals surface area contributed by atoms with E-state index in [9.17, 15) is 0 Å². The molecule has 25 heavy (non-hydrogen) atoms. The molecule has 0 atom stereocenters. The van der Waals surface area contributed by atoms with Crippen molar-refractivity contribution in [3.05, 3.63) is 36.4 Å². The van der Waals surface area contributed by atoms with Gasteiger partial charge in [-0.3, -0.25) is 0 Å². The molecule has 4 rings (SSSR count). The van der Waals surface area contributed by atoms with E-state index in [1.54, 1.807) is 0 Å². The van der Waals surface area contributed by atoms with Crippen LogP contribution in [0.15, 0.2) is 36.4 Å². The summed E-state index contributed by atoms with van der Waals surface area (Å²) in [7, 11) is 0. The van der Waals surface area contributed by atoms with Crippen molar-refractivity contribution in [2.24, 2.45) is 0 Å². The highest BCUT2D eigenvalue weighted by atomic mass is 15.3. The van der Waals surface area contributed by atoms with Crippen molar-refractivity contribution in [1.82, 2.24) is 9.97 Å². The first-order chi connectivity index (χ1) is 12.4. The lowest BCUT2D eigenvalue weighted by Gasteiger charge is -2.29. The second-order valence-electron chi connectivity index (χ2n) is 7.23. The van der Waals surface area contributed by atoms with Crippen molar-refractivity contribution in [2.75, 3.05) is 36.0 Å². The minimum absolute atomic E-state index is 0.917. The largest absolute Gasteiger partial charge is 0.356 e. The molecular formula is C21H28N4. The molecule has 2 fully saturated rings. The van der Waals surface area contributed by atoms with Gasteiger partial charge in [0.15, 0.2) is 0 Å². The van der Waals surface area contributed by atoms with E-state index in [4.69, 9.17) is 9.97 Å². The highest BCUT2D eigenvalue weighted by Gasteiger charge is 2.19. The molecule has 1 aromatic carbocycles. The molecule has 132 valence electrons. The summed E-state index contributed by atoms with van der Waals surface area (Å²) in [5.74, 6) is 2.02. The van der Waals surface area contributed by atoms with Crippen LogP contribution in [0, 0.1) is 0 Å². The fourth-order valence-corrected chi connectivity index (χ4v) is 3.88. The molecule has 0 saturated carbocycles. The fourth-order valence-electron chi connectivity index (χ4n) is 3.88. The maximum atomic E-state index is 4.99. The second kappa shape index (κ2) is 7.85. The molecule has 0 amide bonds. The highest BCUT2D eigenvalue weighted by Crippen LogP contribution is 2.27. The van der Waals surface area contributed by atoms with Crippen LogP contribution in [0.1, 0.15) is 44.9 Å². The van der Waals surface area contributed by atoms with Crippen molar-refractivity contribution >= 4 is 11.8 Å². The summed E-state index contributed by atoms with van der Waals surface area (Å²) in [6.45, 7) is 4.39. The molecule has 0 unspecified atom stereocenters. The minimum atomic E-state index is 0.917. The Labute approximate surface area is 150 Å². The van der Waals surface area contributed by atoms with Crippen LogP contribution in [0.2, 0.25) is 0 Å². The van der Waals surface area contributed by atoms with Gasteiger partial charge in [-0.1, -0.05) is 43.2 Å².